The van der Waals surface area contributed by atoms with Crippen LogP contribution in [0.5, 0.6) is 5.75 Å². The number of carbonyl (C=O) groups is 2. The molecule has 0 aliphatic carbocycles. The molecule has 4 rings (SSSR count). The molecule has 1 amide bonds. The fourth-order valence-electron chi connectivity index (χ4n) is 4.02. The Balaban J connectivity index is 1.62. The third-order valence-electron chi connectivity index (χ3n) is 5.64. The molecule has 3 aromatic rings. The number of esters is 1. The third-order valence-corrected chi connectivity index (χ3v) is 5.64. The van der Waals surface area contributed by atoms with Crippen molar-refractivity contribution in [3.8, 4) is 5.75 Å². The van der Waals surface area contributed by atoms with Crippen molar-refractivity contribution < 1.29 is 19.1 Å². The average molecular weight is 462 g/mol. The maximum Gasteiger partial charge on any atom is 0.338 e. The highest BCUT2D eigenvalue weighted by molar-refractivity contribution is 5.93. The van der Waals surface area contributed by atoms with Crippen LogP contribution in [0.1, 0.15) is 31.0 Å². The number of aromatic nitrogens is 3. The van der Waals surface area contributed by atoms with E-state index >= 15 is 0 Å². The number of allylic oxidation sites excluding steroid dienone is 1. The zero-order valence-electron chi connectivity index (χ0n) is 19.4. The molecule has 1 N–H and O–H groups in total. The van der Waals surface area contributed by atoms with Crippen LogP contribution < -0.4 is 15.0 Å². The number of hydrogen-bond acceptors (Lipinski definition) is 7. The van der Waals surface area contributed by atoms with Gasteiger partial charge in [-0.25, -0.2) is 9.48 Å². The summed E-state index contributed by atoms with van der Waals surface area (Å²) in [5, 5.41) is 7.31. The second-order valence-electron chi connectivity index (χ2n) is 7.75. The first-order chi connectivity index (χ1) is 16.5. The number of nitrogens with one attached hydrogen (secondary N) is 1. The molecular weight excluding hydrogens is 434 g/mol. The van der Waals surface area contributed by atoms with Gasteiger partial charge in [-0.15, -0.1) is 0 Å². The first-order valence-corrected chi connectivity index (χ1v) is 11.0. The van der Waals surface area contributed by atoms with Crippen LogP contribution in [-0.2, 0) is 20.9 Å². The molecule has 0 saturated carbocycles. The van der Waals surface area contributed by atoms with Gasteiger partial charge in [0.25, 0.3) is 0 Å². The van der Waals surface area contributed by atoms with E-state index in [0.29, 0.717) is 23.8 Å². The minimum Gasteiger partial charge on any atom is -0.497 e. The van der Waals surface area contributed by atoms with Crippen molar-refractivity contribution in [2.75, 3.05) is 25.2 Å². The Bertz CT molecular complexity index is 1200. The number of anilines is 1. The van der Waals surface area contributed by atoms with Crippen LogP contribution in [0.25, 0.3) is 0 Å². The highest BCUT2D eigenvalue weighted by Crippen LogP contribution is 2.38. The van der Waals surface area contributed by atoms with Crippen LogP contribution in [0.2, 0.25) is 0 Å². The minimum atomic E-state index is -0.506. The molecule has 34 heavy (non-hydrogen) atoms. The number of ether oxygens (including phenoxy) is 2. The minimum absolute atomic E-state index is 0.0289. The first kappa shape index (κ1) is 23.0. The lowest BCUT2D eigenvalue weighted by molar-refractivity contribution is -0.139. The predicted molar refractivity (Wildman–Crippen MR) is 126 cm³/mol. The predicted octanol–water partition coefficient (Wildman–Crippen LogP) is 2.85. The molecule has 1 aliphatic heterocycles. The van der Waals surface area contributed by atoms with Gasteiger partial charge in [0.15, 0.2) is 0 Å². The molecule has 9 heteroatoms. The second kappa shape index (κ2) is 10.2. The fourth-order valence-corrected chi connectivity index (χ4v) is 4.02. The Morgan fingerprint density at radius 1 is 1.12 bits per heavy atom. The van der Waals surface area contributed by atoms with E-state index in [1.165, 1.54) is 6.33 Å². The van der Waals surface area contributed by atoms with Gasteiger partial charge in [-0.05, 0) is 37.1 Å². The molecule has 0 bridgehead atoms. The SMILES string of the molecule is CCOC(=O)C1=C(C)N(CC(=O)NCc2cccc(OC)c2)c2ncnn2[C@H]1c1ccccc1. The largest absolute Gasteiger partial charge is 0.497 e. The van der Waals surface area contributed by atoms with E-state index in [4.69, 9.17) is 9.47 Å². The quantitative estimate of drug-likeness (QED) is 0.515. The summed E-state index contributed by atoms with van der Waals surface area (Å²) in [7, 11) is 1.60. The highest BCUT2D eigenvalue weighted by Gasteiger charge is 2.38. The maximum absolute atomic E-state index is 13.0. The monoisotopic (exact) mass is 461 g/mol. The number of carbonyl (C=O) groups excluding carboxylic acids is 2. The summed E-state index contributed by atoms with van der Waals surface area (Å²) in [6.45, 7) is 4.12. The topological polar surface area (TPSA) is 98.6 Å². The van der Waals surface area contributed by atoms with E-state index in [1.807, 2.05) is 54.6 Å². The summed E-state index contributed by atoms with van der Waals surface area (Å²) < 4.78 is 12.3. The van der Waals surface area contributed by atoms with E-state index < -0.39 is 12.0 Å². The molecule has 2 aromatic carbocycles. The number of rotatable bonds is 8. The van der Waals surface area contributed by atoms with Crippen molar-refractivity contribution in [1.29, 1.82) is 0 Å². The van der Waals surface area contributed by atoms with Crippen molar-refractivity contribution in [2.45, 2.75) is 26.4 Å². The zero-order chi connectivity index (χ0) is 24.1. The van der Waals surface area contributed by atoms with Crippen LogP contribution in [0.15, 0.2) is 72.2 Å². The molecule has 2 heterocycles. The molecule has 0 radical (unpaired) electrons. The molecular formula is C25H27N5O4. The van der Waals surface area contributed by atoms with E-state index in [2.05, 4.69) is 15.4 Å². The van der Waals surface area contributed by atoms with Crippen LogP contribution in [0.3, 0.4) is 0 Å². The fraction of sp³-hybridized carbons (Fsp3) is 0.280. The van der Waals surface area contributed by atoms with E-state index in [1.54, 1.807) is 30.5 Å². The molecule has 176 valence electrons. The van der Waals surface area contributed by atoms with E-state index in [-0.39, 0.29) is 19.1 Å². The van der Waals surface area contributed by atoms with Crippen molar-refractivity contribution in [3.05, 3.63) is 83.3 Å². The molecule has 1 aromatic heterocycles. The number of hydrogen-bond donors (Lipinski definition) is 1. The second-order valence-corrected chi connectivity index (χ2v) is 7.75. The zero-order valence-corrected chi connectivity index (χ0v) is 19.4. The number of methoxy groups -OCH3 is 1. The van der Waals surface area contributed by atoms with Crippen molar-refractivity contribution >= 4 is 17.8 Å². The van der Waals surface area contributed by atoms with Gasteiger partial charge < -0.3 is 19.7 Å². The Morgan fingerprint density at radius 2 is 1.91 bits per heavy atom. The van der Waals surface area contributed by atoms with Crippen LogP contribution in [0, 0.1) is 0 Å². The molecule has 0 unspecified atom stereocenters. The molecule has 0 spiro atoms. The standard InChI is InChI=1S/C25H27N5O4/c1-4-34-24(32)22-17(2)29(15-21(31)26-14-18-9-8-12-20(13-18)33-3)25-27-16-28-30(25)23(22)19-10-6-5-7-11-19/h5-13,16,23H,4,14-15H2,1-3H3,(H,26,31)/t23-/m0/s1. The molecule has 1 aliphatic rings. The Kier molecular flexibility index (Phi) is 6.91. The van der Waals surface area contributed by atoms with Crippen molar-refractivity contribution in [1.82, 2.24) is 20.1 Å². The van der Waals surface area contributed by atoms with Gasteiger partial charge in [0.1, 0.15) is 24.7 Å². The summed E-state index contributed by atoms with van der Waals surface area (Å²) in [4.78, 5) is 32.0. The van der Waals surface area contributed by atoms with Gasteiger partial charge in [-0.2, -0.15) is 10.1 Å². The lowest BCUT2D eigenvalue weighted by Crippen LogP contribution is -2.42. The van der Waals surface area contributed by atoms with Crippen LogP contribution in [-0.4, -0.2) is 46.9 Å². The summed E-state index contributed by atoms with van der Waals surface area (Å²) in [5.41, 5.74) is 2.81. The van der Waals surface area contributed by atoms with Gasteiger partial charge >= 0.3 is 5.97 Å². The normalized spacial score (nSPS) is 15.0. The van der Waals surface area contributed by atoms with Gasteiger partial charge in [0.2, 0.25) is 11.9 Å². The number of benzene rings is 2. The average Bonchev–Trinajstić information content (AvgIpc) is 3.34. The van der Waals surface area contributed by atoms with E-state index in [0.717, 1.165) is 16.9 Å². The summed E-state index contributed by atoms with van der Waals surface area (Å²) in [6, 6.07) is 16.6. The Morgan fingerprint density at radius 3 is 2.65 bits per heavy atom. The van der Waals surface area contributed by atoms with Gasteiger partial charge in [-0.3, -0.25) is 4.79 Å². The van der Waals surface area contributed by atoms with E-state index in [9.17, 15) is 9.59 Å². The Labute approximate surface area is 198 Å². The van der Waals surface area contributed by atoms with Gasteiger partial charge in [0.05, 0.1) is 19.3 Å². The molecule has 1 atom stereocenters. The summed E-state index contributed by atoms with van der Waals surface area (Å²) in [5.74, 6) is 0.534. The molecule has 9 nitrogen and oxygen atoms in total. The lowest BCUT2D eigenvalue weighted by atomic mass is 9.95. The Hall–Kier alpha value is -4.14. The van der Waals surface area contributed by atoms with Crippen molar-refractivity contribution in [3.63, 3.8) is 0 Å². The van der Waals surface area contributed by atoms with Gasteiger partial charge in [-0.1, -0.05) is 42.5 Å². The highest BCUT2D eigenvalue weighted by atomic mass is 16.5. The smallest absolute Gasteiger partial charge is 0.338 e. The van der Waals surface area contributed by atoms with Gasteiger partial charge in [0, 0.05) is 12.2 Å². The number of amides is 1. The summed E-state index contributed by atoms with van der Waals surface area (Å²) in [6.07, 6.45) is 1.42. The van der Waals surface area contributed by atoms with Crippen LogP contribution >= 0.6 is 0 Å². The number of nitrogens with zero attached hydrogens (tertiary/aromatic N) is 4. The molecule has 0 fully saturated rings. The third kappa shape index (κ3) is 4.63. The molecule has 0 saturated heterocycles. The lowest BCUT2D eigenvalue weighted by Gasteiger charge is -2.35. The summed E-state index contributed by atoms with van der Waals surface area (Å²) >= 11 is 0. The maximum atomic E-state index is 13.0. The number of fused-ring (bicyclic) bond motifs is 1. The van der Waals surface area contributed by atoms with Crippen molar-refractivity contribution in [2.24, 2.45) is 0 Å². The first-order valence-electron chi connectivity index (χ1n) is 11.0. The van der Waals surface area contributed by atoms with Crippen LogP contribution in [0.4, 0.5) is 5.95 Å².